The van der Waals surface area contributed by atoms with Gasteiger partial charge in [-0.05, 0) is 18.6 Å². The summed E-state index contributed by atoms with van der Waals surface area (Å²) >= 11 is 0. The number of hydrogen-bond acceptors (Lipinski definition) is 3. The number of para-hydroxylation sites is 2. The fourth-order valence-electron chi connectivity index (χ4n) is 1.58. The summed E-state index contributed by atoms with van der Waals surface area (Å²) < 4.78 is 2.28. The summed E-state index contributed by atoms with van der Waals surface area (Å²) in [6.45, 7) is 3.33. The molecule has 1 N–H and O–H groups in total. The summed E-state index contributed by atoms with van der Waals surface area (Å²) in [6.07, 6.45) is 4.54. The van der Waals surface area contributed by atoms with Crippen LogP contribution in [-0.4, -0.2) is 10.1 Å². The molecule has 92 valence electrons. The number of H-pyrrole nitrogens is 1. The lowest BCUT2D eigenvalue weighted by Crippen LogP contribution is -2.31. The molecule has 0 radical (unpaired) electrons. The first kappa shape index (κ1) is 13.0. The number of aryl methyl sites for hydroxylation is 1. The third kappa shape index (κ3) is 4.10. The van der Waals surface area contributed by atoms with Crippen LogP contribution >= 0.6 is 0 Å². The van der Waals surface area contributed by atoms with Crippen LogP contribution in [-0.2, 0) is 6.54 Å². The van der Waals surface area contributed by atoms with Crippen molar-refractivity contribution in [3.8, 4) is 0 Å². The van der Waals surface area contributed by atoms with Crippen molar-refractivity contribution in [2.75, 3.05) is 0 Å². The Labute approximate surface area is 98.6 Å². The average Bonchev–Trinajstić information content (AvgIpc) is 2.69. The van der Waals surface area contributed by atoms with Crippen molar-refractivity contribution in [1.29, 1.82) is 0 Å². The monoisotopic (exact) mass is 237 g/mol. The van der Waals surface area contributed by atoms with Crippen LogP contribution < -0.4 is 4.57 Å². The van der Waals surface area contributed by atoms with Gasteiger partial charge in [-0.3, -0.25) is 0 Å². The second-order valence-electron chi connectivity index (χ2n) is 3.56. The first-order valence-electron chi connectivity index (χ1n) is 5.42. The predicted molar refractivity (Wildman–Crippen MR) is 63.8 cm³/mol. The van der Waals surface area contributed by atoms with Gasteiger partial charge in [0.1, 0.15) is 0 Å². The number of unbranched alkanes of at least 4 members (excludes halogenated alkanes) is 1. The number of benzene rings is 1. The quantitative estimate of drug-likeness (QED) is 0.503. The molecule has 0 amide bonds. The van der Waals surface area contributed by atoms with E-state index in [2.05, 4.69) is 47.1 Å². The Morgan fingerprint density at radius 1 is 1.35 bits per heavy atom. The zero-order valence-corrected chi connectivity index (χ0v) is 9.63. The van der Waals surface area contributed by atoms with E-state index in [4.69, 9.17) is 15.3 Å². The van der Waals surface area contributed by atoms with Gasteiger partial charge in [0.15, 0.2) is 11.0 Å². The van der Waals surface area contributed by atoms with E-state index in [-0.39, 0.29) is 0 Å². The molecule has 0 saturated carbocycles. The number of aromatic amines is 1. The molecular weight excluding hydrogens is 222 g/mol. The summed E-state index contributed by atoms with van der Waals surface area (Å²) in [4.78, 5) is 11.5. The van der Waals surface area contributed by atoms with Crippen LogP contribution in [0.5, 0.6) is 0 Å². The normalized spacial score (nSPS) is 9.71. The second-order valence-corrected chi connectivity index (χ2v) is 3.56. The molecule has 1 heterocycles. The van der Waals surface area contributed by atoms with Gasteiger partial charge in [0, 0.05) is 0 Å². The summed E-state index contributed by atoms with van der Waals surface area (Å²) in [5, 5.41) is 14.8. The summed E-state index contributed by atoms with van der Waals surface area (Å²) in [5.74, 6) is 0. The smallest absolute Gasteiger partial charge is 0.242 e. The van der Waals surface area contributed by atoms with Gasteiger partial charge in [-0.25, -0.2) is 9.55 Å². The van der Waals surface area contributed by atoms with Gasteiger partial charge in [0.2, 0.25) is 6.33 Å². The Bertz CT molecular complexity index is 478. The van der Waals surface area contributed by atoms with Gasteiger partial charge in [-0.15, -0.1) is 0 Å². The molecule has 0 bridgehead atoms. The van der Waals surface area contributed by atoms with Gasteiger partial charge >= 0.3 is 0 Å². The SMILES string of the molecule is CCCC[n+]1c[nH]c2ccccc21.O=[N+]([O-])[O-]. The van der Waals surface area contributed by atoms with Crippen LogP contribution in [0.15, 0.2) is 30.6 Å². The number of hydrogen-bond donors (Lipinski definition) is 1. The number of rotatable bonds is 3. The van der Waals surface area contributed by atoms with Gasteiger partial charge in [-0.2, -0.15) is 0 Å². The first-order valence-corrected chi connectivity index (χ1v) is 5.42. The lowest BCUT2D eigenvalue weighted by atomic mass is 10.3. The minimum absolute atomic E-state index is 1.11. The fourth-order valence-corrected chi connectivity index (χ4v) is 1.58. The Balaban J connectivity index is 0.000000317. The molecule has 0 atom stereocenters. The second kappa shape index (κ2) is 6.47. The third-order valence-corrected chi connectivity index (χ3v) is 2.34. The maximum atomic E-state index is 8.25. The minimum atomic E-state index is -1.75. The minimum Gasteiger partial charge on any atom is -0.356 e. The molecule has 2 aromatic rings. The average molecular weight is 237 g/mol. The van der Waals surface area contributed by atoms with E-state index in [0.29, 0.717) is 0 Å². The number of imidazole rings is 1. The highest BCUT2D eigenvalue weighted by atomic mass is 16.9. The molecule has 0 aliphatic rings. The van der Waals surface area contributed by atoms with Crippen LogP contribution in [0.2, 0.25) is 0 Å². The van der Waals surface area contributed by atoms with E-state index in [1.807, 2.05) is 0 Å². The third-order valence-electron chi connectivity index (χ3n) is 2.34. The molecule has 0 aliphatic heterocycles. The zero-order chi connectivity index (χ0) is 12.7. The molecule has 2 rings (SSSR count). The Kier molecular flexibility index (Phi) is 4.93. The number of aromatic nitrogens is 2. The molecule has 6 heteroatoms. The Hall–Kier alpha value is -2.11. The lowest BCUT2D eigenvalue weighted by molar-refractivity contribution is -0.671. The largest absolute Gasteiger partial charge is 0.356 e. The van der Waals surface area contributed by atoms with E-state index in [0.717, 1.165) is 6.54 Å². The van der Waals surface area contributed by atoms with Crippen molar-refractivity contribution in [3.63, 3.8) is 0 Å². The molecule has 17 heavy (non-hydrogen) atoms. The number of nitrogens with one attached hydrogen (secondary N) is 1. The standard InChI is InChI=1S/C11H14N2.NO3/c1-2-3-8-13-9-12-10-6-4-5-7-11(10)13;2-1(3)4/h4-7,9H,2-3,8H2,1H3;/q;-1/p+1. The van der Waals surface area contributed by atoms with Crippen molar-refractivity contribution < 1.29 is 9.65 Å². The van der Waals surface area contributed by atoms with E-state index in [1.54, 1.807) is 0 Å². The van der Waals surface area contributed by atoms with Crippen LogP contribution in [0.4, 0.5) is 0 Å². The van der Waals surface area contributed by atoms with Crippen LogP contribution in [0, 0.1) is 15.3 Å². The van der Waals surface area contributed by atoms with Crippen LogP contribution in [0.25, 0.3) is 11.0 Å². The summed E-state index contributed by atoms with van der Waals surface area (Å²) in [7, 11) is 0. The molecule has 0 fully saturated rings. The maximum Gasteiger partial charge on any atom is 0.242 e. The molecule has 0 aliphatic carbocycles. The highest BCUT2D eigenvalue weighted by molar-refractivity contribution is 5.70. The van der Waals surface area contributed by atoms with Crippen molar-refractivity contribution in [2.45, 2.75) is 26.3 Å². The van der Waals surface area contributed by atoms with Crippen molar-refractivity contribution >= 4 is 11.0 Å². The van der Waals surface area contributed by atoms with Crippen LogP contribution in [0.3, 0.4) is 0 Å². The van der Waals surface area contributed by atoms with E-state index >= 15 is 0 Å². The topological polar surface area (TPSA) is 85.9 Å². The highest BCUT2D eigenvalue weighted by Gasteiger charge is 2.06. The van der Waals surface area contributed by atoms with Gasteiger partial charge in [-0.1, -0.05) is 25.5 Å². The number of nitrogens with zero attached hydrogens (tertiary/aromatic N) is 2. The molecular formula is C11H15N3O3. The van der Waals surface area contributed by atoms with Crippen molar-refractivity contribution in [2.24, 2.45) is 0 Å². The van der Waals surface area contributed by atoms with Crippen molar-refractivity contribution in [1.82, 2.24) is 4.98 Å². The molecule has 1 aromatic heterocycles. The molecule has 1 aromatic carbocycles. The van der Waals surface area contributed by atoms with E-state index < -0.39 is 5.09 Å². The Morgan fingerprint density at radius 3 is 2.65 bits per heavy atom. The lowest BCUT2D eigenvalue weighted by Gasteiger charge is -1.94. The first-order chi connectivity index (χ1) is 8.15. The van der Waals surface area contributed by atoms with Crippen molar-refractivity contribution in [3.05, 3.63) is 45.9 Å². The van der Waals surface area contributed by atoms with E-state index in [1.165, 1.54) is 23.9 Å². The molecule has 6 nitrogen and oxygen atoms in total. The Morgan fingerprint density at radius 2 is 2.00 bits per heavy atom. The van der Waals surface area contributed by atoms with E-state index in [9.17, 15) is 0 Å². The predicted octanol–water partition coefficient (Wildman–Crippen LogP) is 2.02. The molecule has 0 spiro atoms. The summed E-state index contributed by atoms with van der Waals surface area (Å²) in [5.41, 5.74) is 2.52. The molecule has 0 saturated heterocycles. The molecule has 0 unspecified atom stereocenters. The van der Waals surface area contributed by atoms with Crippen LogP contribution in [0.1, 0.15) is 19.8 Å². The maximum absolute atomic E-state index is 8.25. The van der Waals surface area contributed by atoms with Gasteiger partial charge < -0.3 is 15.3 Å². The van der Waals surface area contributed by atoms with Gasteiger partial charge in [0.25, 0.3) is 0 Å². The fraction of sp³-hybridized carbons (Fsp3) is 0.364. The van der Waals surface area contributed by atoms with Gasteiger partial charge in [0.05, 0.1) is 11.6 Å². The highest BCUT2D eigenvalue weighted by Crippen LogP contribution is 2.05. The zero-order valence-electron chi connectivity index (χ0n) is 9.63. The summed E-state index contributed by atoms with van der Waals surface area (Å²) in [6, 6.07) is 8.40. The number of fused-ring (bicyclic) bond motifs is 1.